The molecule has 4 aromatic rings. The molecule has 0 bridgehead atoms. The van der Waals surface area contributed by atoms with Crippen LogP contribution in [0.5, 0.6) is 0 Å². The highest BCUT2D eigenvalue weighted by Crippen LogP contribution is 2.54. The molecule has 4 aliphatic rings. The molecule has 4 aromatic heterocycles. The fourth-order valence-corrected chi connectivity index (χ4v) is 14.6. The highest BCUT2D eigenvalue weighted by Gasteiger charge is 2.49. The molecule has 4 atom stereocenters. The first kappa shape index (κ1) is 47.8. The molecule has 4 aliphatic carbocycles. The predicted octanol–water partition coefficient (Wildman–Crippen LogP) is 6.91. The van der Waals surface area contributed by atoms with Crippen LogP contribution in [0.2, 0.25) is 0 Å². The minimum Gasteiger partial charge on any atom is -0.383 e. The third kappa shape index (κ3) is 8.97. The van der Waals surface area contributed by atoms with E-state index in [1.54, 1.807) is 34.8 Å². The summed E-state index contributed by atoms with van der Waals surface area (Å²) in [6.07, 6.45) is 6.03. The summed E-state index contributed by atoms with van der Waals surface area (Å²) in [4.78, 5) is 47.4. The van der Waals surface area contributed by atoms with Gasteiger partial charge in [-0.05, 0) is 113 Å². The number of ether oxygens (including phenoxy) is 2. The van der Waals surface area contributed by atoms with Crippen molar-refractivity contribution in [1.82, 2.24) is 19.9 Å². The molecule has 0 saturated carbocycles. The number of thiazole rings is 2. The molecule has 8 N–H and O–H groups in total. The Kier molecular flexibility index (Phi) is 12.6. The van der Waals surface area contributed by atoms with Crippen molar-refractivity contribution in [2.24, 2.45) is 30.8 Å². The van der Waals surface area contributed by atoms with Gasteiger partial charge in [0, 0.05) is 47.3 Å². The highest BCUT2D eigenvalue weighted by atomic mass is 32.2. The third-order valence-electron chi connectivity index (χ3n) is 13.2. The zero-order chi connectivity index (χ0) is 47.2. The van der Waals surface area contributed by atoms with E-state index >= 15 is 0 Å². The van der Waals surface area contributed by atoms with Crippen molar-refractivity contribution in [2.75, 3.05) is 24.9 Å². The molecule has 0 fully saturated rings. The number of aromatic nitrogens is 4. The zero-order valence-corrected chi connectivity index (χ0v) is 41.9. The normalized spacial score (nSPS) is 20.8. The van der Waals surface area contributed by atoms with Crippen molar-refractivity contribution < 1.29 is 33.5 Å². The molecule has 21 heteroatoms. The van der Waals surface area contributed by atoms with E-state index in [4.69, 9.17) is 29.7 Å². The maximum atomic E-state index is 14.0. The van der Waals surface area contributed by atoms with Crippen molar-refractivity contribution in [2.45, 2.75) is 150 Å². The van der Waals surface area contributed by atoms with E-state index in [0.717, 1.165) is 94.2 Å². The van der Waals surface area contributed by atoms with Gasteiger partial charge in [0.25, 0.3) is 0 Å². The number of hydrogen-bond acceptors (Lipinski definition) is 13. The molecule has 4 heterocycles. The van der Waals surface area contributed by atoms with Crippen LogP contribution in [0.4, 0.5) is 21.0 Å². The lowest BCUT2D eigenvalue weighted by Crippen LogP contribution is -2.32. The van der Waals surface area contributed by atoms with Gasteiger partial charge in [-0.3, -0.25) is 15.1 Å². The Hall–Kier alpha value is -3.64. The number of aryl methyl sites for hydroxylation is 1. The second-order valence-corrected chi connectivity index (χ2v) is 25.3. The molecule has 17 nitrogen and oxygen atoms in total. The van der Waals surface area contributed by atoms with Crippen molar-refractivity contribution in [1.29, 1.82) is 0 Å². The number of nitrogens with one attached hydrogen (secondary N) is 2. The Morgan fingerprint density at radius 1 is 0.815 bits per heavy atom. The van der Waals surface area contributed by atoms with Gasteiger partial charge in [-0.25, -0.2) is 28.9 Å². The standard InChI is InChI=1S/C44H60N10O7S4/c1-41(2)15-14-23-32(51-39(55)53-64(45)35-29(19-60-9)49-37(62-35)43(5,6)57)24-16-21(17-28(24)48-33(23)41)26-18-25-31(22-12-11-13-27(22)47-34(25)42(26,3)4)52-40(56)54-65(46,59)36-30(20-61-10)50-38(63-36)44(7,8)58/h21,26,57-58H,11-20H2,1-10H3,(H3,45,48,51,53,55)(H3,46,47,52,54,56,59). The van der Waals surface area contributed by atoms with E-state index in [0.29, 0.717) is 39.9 Å². The summed E-state index contributed by atoms with van der Waals surface area (Å²) in [5.41, 5.74) is 6.81. The summed E-state index contributed by atoms with van der Waals surface area (Å²) in [6.45, 7) is 15.4. The molecule has 0 spiro atoms. The SMILES string of the molecule is COCc1nc(C(C)(C)O)sc1/S(N)=N/C(=O)Nc1c2c(nc3c1CCC3(C)C)CC(C1Cc3c(nc4c(c3NC(=O)N=S(N)(=O)c3sc(C(C)(C)O)nc3COC)CCC4)C1(C)C)C2. The predicted molar refractivity (Wildman–Crippen MR) is 252 cm³/mol. The summed E-state index contributed by atoms with van der Waals surface area (Å²) in [7, 11) is -2.14. The van der Waals surface area contributed by atoms with Crippen LogP contribution in [0.1, 0.15) is 135 Å². The molecule has 352 valence electrons. The summed E-state index contributed by atoms with van der Waals surface area (Å²) < 4.78 is 33.8. The van der Waals surface area contributed by atoms with Gasteiger partial charge >= 0.3 is 12.1 Å². The third-order valence-corrected chi connectivity index (χ3v) is 19.5. The Balaban J connectivity index is 1.10. The second kappa shape index (κ2) is 17.2. The van der Waals surface area contributed by atoms with E-state index in [1.165, 1.54) is 18.4 Å². The van der Waals surface area contributed by atoms with Crippen molar-refractivity contribution in [3.8, 4) is 0 Å². The van der Waals surface area contributed by atoms with Gasteiger partial charge in [0.2, 0.25) is 0 Å². The number of aliphatic hydroxyl groups is 2. The average molecular weight is 969 g/mol. The topological polar surface area (TPSA) is 263 Å². The number of nitrogens with two attached hydrogens (primary N) is 2. The lowest BCUT2D eigenvalue weighted by atomic mass is 9.72. The number of carbonyl (C=O) groups excluding carboxylic acids is 2. The first-order chi connectivity index (χ1) is 30.3. The number of carbonyl (C=O) groups is 2. The molecular formula is C44H60N10O7S4. The van der Waals surface area contributed by atoms with Crippen LogP contribution in [0.15, 0.2) is 17.1 Å². The Labute approximate surface area is 390 Å². The van der Waals surface area contributed by atoms with Crippen molar-refractivity contribution in [3.63, 3.8) is 0 Å². The number of hydrogen-bond donors (Lipinski definition) is 6. The monoisotopic (exact) mass is 968 g/mol. The number of methoxy groups -OCH3 is 2. The minimum atomic E-state index is -3.79. The molecule has 0 aromatic carbocycles. The maximum Gasteiger partial charge on any atom is 0.354 e. The largest absolute Gasteiger partial charge is 0.383 e. The number of rotatable bonds is 11. The minimum absolute atomic E-state index is 0.0250. The van der Waals surface area contributed by atoms with Gasteiger partial charge in [0.15, 0.2) is 9.92 Å². The fourth-order valence-electron chi connectivity index (χ4n) is 9.99. The van der Waals surface area contributed by atoms with Crippen LogP contribution in [-0.4, -0.2) is 60.6 Å². The maximum absolute atomic E-state index is 14.0. The molecule has 8 rings (SSSR count). The first-order valence-corrected chi connectivity index (χ1v) is 26.2. The molecular weight excluding hydrogens is 909 g/mol. The fraction of sp³-hybridized carbons (Fsp3) is 0.591. The molecule has 0 radical (unpaired) electrons. The van der Waals surface area contributed by atoms with Crippen LogP contribution < -0.4 is 20.9 Å². The zero-order valence-electron chi connectivity index (χ0n) is 38.6. The summed E-state index contributed by atoms with van der Waals surface area (Å²) in [5.74, 6) is 0.211. The van der Waals surface area contributed by atoms with Gasteiger partial charge in [0.1, 0.15) is 29.6 Å². The summed E-state index contributed by atoms with van der Waals surface area (Å²) in [5, 5.41) is 41.2. The highest BCUT2D eigenvalue weighted by molar-refractivity contribution is 7.93. The number of amides is 4. The quantitative estimate of drug-likeness (QED) is 0.0896. The molecule has 0 aliphatic heterocycles. The van der Waals surface area contributed by atoms with Gasteiger partial charge in [0.05, 0.1) is 47.4 Å². The number of fused-ring (bicyclic) bond motifs is 4. The van der Waals surface area contributed by atoms with Gasteiger partial charge in [-0.15, -0.1) is 27.0 Å². The van der Waals surface area contributed by atoms with Crippen molar-refractivity contribution in [3.05, 3.63) is 66.4 Å². The molecule has 0 saturated heterocycles. The van der Waals surface area contributed by atoms with E-state index in [-0.39, 0.29) is 45.4 Å². The summed E-state index contributed by atoms with van der Waals surface area (Å²) in [6, 6.07) is -1.41. The van der Waals surface area contributed by atoms with Gasteiger partial charge in [-0.1, -0.05) is 27.7 Å². The van der Waals surface area contributed by atoms with E-state index in [9.17, 15) is 24.0 Å². The lowest BCUT2D eigenvalue weighted by molar-refractivity contribution is 0.0771. The Morgan fingerprint density at radius 3 is 2.11 bits per heavy atom. The average Bonchev–Trinajstić information content (AvgIpc) is 4.05. The number of pyridine rings is 2. The lowest BCUT2D eigenvalue weighted by Gasteiger charge is -2.32. The van der Waals surface area contributed by atoms with Crippen LogP contribution in [0.25, 0.3) is 0 Å². The van der Waals surface area contributed by atoms with Crippen LogP contribution in [0.3, 0.4) is 0 Å². The van der Waals surface area contributed by atoms with E-state index in [2.05, 4.69) is 57.0 Å². The number of anilines is 2. The molecule has 65 heavy (non-hydrogen) atoms. The van der Waals surface area contributed by atoms with E-state index < -0.39 is 49.5 Å². The van der Waals surface area contributed by atoms with Crippen LogP contribution in [-0.2, 0) is 104 Å². The molecule has 4 amide bonds. The van der Waals surface area contributed by atoms with Crippen molar-refractivity contribution >= 4 is 66.9 Å². The van der Waals surface area contributed by atoms with E-state index in [1.807, 2.05) is 0 Å². The summed E-state index contributed by atoms with van der Waals surface area (Å²) >= 11 is 2.17. The smallest absolute Gasteiger partial charge is 0.354 e. The van der Waals surface area contributed by atoms with Crippen LogP contribution >= 0.6 is 22.7 Å². The second-order valence-electron chi connectivity index (χ2n) is 19.8. The van der Waals surface area contributed by atoms with Gasteiger partial charge < -0.3 is 30.3 Å². The number of nitrogens with zero attached hydrogens (tertiary/aromatic N) is 6. The van der Waals surface area contributed by atoms with Crippen LogP contribution in [0, 0.1) is 11.8 Å². The van der Waals surface area contributed by atoms with Gasteiger partial charge in [-0.2, -0.15) is 4.36 Å². The number of urea groups is 2. The Morgan fingerprint density at radius 2 is 1.43 bits per heavy atom. The Bertz CT molecular complexity index is 2780. The molecule has 4 unspecified atom stereocenters. The first-order valence-electron chi connectivity index (χ1n) is 21.7.